The molecule has 0 aliphatic carbocycles. The summed E-state index contributed by atoms with van der Waals surface area (Å²) in [5, 5.41) is 0. The lowest BCUT2D eigenvalue weighted by Crippen LogP contribution is -2.14. The van der Waals surface area contributed by atoms with Crippen molar-refractivity contribution in [2.45, 2.75) is 18.9 Å². The van der Waals surface area contributed by atoms with Crippen LogP contribution in [0.15, 0.2) is 16.6 Å². The molecule has 0 aliphatic heterocycles. The van der Waals surface area contributed by atoms with Crippen molar-refractivity contribution in [1.82, 2.24) is 0 Å². The summed E-state index contributed by atoms with van der Waals surface area (Å²) in [6.07, 6.45) is -2.83. The molecular formula is C11H14BrF2NO2. The zero-order valence-electron chi connectivity index (χ0n) is 9.54. The van der Waals surface area contributed by atoms with E-state index in [1.54, 1.807) is 12.1 Å². The van der Waals surface area contributed by atoms with Gasteiger partial charge in [0.1, 0.15) is 0 Å². The molecule has 0 aliphatic rings. The van der Waals surface area contributed by atoms with Crippen LogP contribution in [0.5, 0.6) is 11.5 Å². The number of nitrogens with two attached hydrogens (primary N) is 1. The zero-order chi connectivity index (χ0) is 13.0. The third-order valence-electron chi connectivity index (χ3n) is 2.33. The van der Waals surface area contributed by atoms with Crippen LogP contribution in [-0.4, -0.2) is 20.6 Å². The van der Waals surface area contributed by atoms with Gasteiger partial charge in [-0.2, -0.15) is 0 Å². The first-order chi connectivity index (χ1) is 7.99. The quantitative estimate of drug-likeness (QED) is 0.909. The highest BCUT2D eigenvalue weighted by molar-refractivity contribution is 9.10. The largest absolute Gasteiger partial charge is 0.493 e. The second kappa shape index (κ2) is 6.16. The van der Waals surface area contributed by atoms with E-state index in [4.69, 9.17) is 15.2 Å². The smallest absolute Gasteiger partial charge is 0.240 e. The number of hydrogen-bond donors (Lipinski definition) is 1. The molecular weight excluding hydrogens is 296 g/mol. The van der Waals surface area contributed by atoms with Crippen LogP contribution in [0.2, 0.25) is 0 Å². The number of ether oxygens (including phenoxy) is 2. The van der Waals surface area contributed by atoms with Crippen molar-refractivity contribution in [1.29, 1.82) is 0 Å². The minimum atomic E-state index is -2.44. The Bertz CT molecular complexity index is 388. The van der Waals surface area contributed by atoms with Crippen LogP contribution in [0.3, 0.4) is 0 Å². The summed E-state index contributed by atoms with van der Waals surface area (Å²) in [6, 6.07) is 2.51. The van der Waals surface area contributed by atoms with Gasteiger partial charge in [0.2, 0.25) is 6.43 Å². The van der Waals surface area contributed by atoms with Crippen molar-refractivity contribution >= 4 is 15.9 Å². The van der Waals surface area contributed by atoms with Gasteiger partial charge in [0.15, 0.2) is 11.5 Å². The molecule has 0 saturated heterocycles. The molecule has 1 aromatic carbocycles. The highest BCUT2D eigenvalue weighted by Gasteiger charge is 2.18. The minimum Gasteiger partial charge on any atom is -0.493 e. The van der Waals surface area contributed by atoms with Gasteiger partial charge in [0, 0.05) is 16.9 Å². The topological polar surface area (TPSA) is 44.5 Å². The fraction of sp³-hybridized carbons (Fsp3) is 0.455. The Hall–Kier alpha value is -0.880. The van der Waals surface area contributed by atoms with Crippen LogP contribution < -0.4 is 15.2 Å². The molecule has 0 bridgehead atoms. The Morgan fingerprint density at radius 2 is 1.76 bits per heavy atom. The predicted octanol–water partition coefficient (Wildman–Crippen LogP) is 3.12. The van der Waals surface area contributed by atoms with E-state index in [1.807, 2.05) is 0 Å². The van der Waals surface area contributed by atoms with E-state index in [-0.39, 0.29) is 0 Å². The standard InChI is InChI=1S/C11H14BrF2NO2/c1-16-9-3-6(8(15)5-11(13)14)7(12)4-10(9)17-2/h3-4,8,11H,5,15H2,1-2H3/t8-/m0/s1. The molecule has 1 rings (SSSR count). The summed E-state index contributed by atoms with van der Waals surface area (Å²) in [7, 11) is 2.98. The maximum Gasteiger partial charge on any atom is 0.240 e. The molecule has 0 amide bonds. The Kier molecular flexibility index (Phi) is 5.14. The van der Waals surface area contributed by atoms with Crippen LogP contribution in [0.4, 0.5) is 8.78 Å². The van der Waals surface area contributed by atoms with Crippen LogP contribution in [-0.2, 0) is 0 Å². The molecule has 2 N–H and O–H groups in total. The van der Waals surface area contributed by atoms with Crippen molar-refractivity contribution in [3.05, 3.63) is 22.2 Å². The molecule has 0 fully saturated rings. The van der Waals surface area contributed by atoms with Crippen molar-refractivity contribution < 1.29 is 18.3 Å². The predicted molar refractivity (Wildman–Crippen MR) is 64.8 cm³/mol. The number of benzene rings is 1. The summed E-state index contributed by atoms with van der Waals surface area (Å²) >= 11 is 3.28. The number of alkyl halides is 2. The molecule has 0 radical (unpaired) electrons. The summed E-state index contributed by atoms with van der Waals surface area (Å²) in [4.78, 5) is 0. The van der Waals surface area contributed by atoms with Crippen LogP contribution in [0.1, 0.15) is 18.0 Å². The Morgan fingerprint density at radius 1 is 1.24 bits per heavy atom. The fourth-order valence-electron chi connectivity index (χ4n) is 1.47. The van der Waals surface area contributed by atoms with Gasteiger partial charge in [0.25, 0.3) is 0 Å². The summed E-state index contributed by atoms with van der Waals surface area (Å²) in [5.74, 6) is 0.989. The van der Waals surface area contributed by atoms with Crippen LogP contribution in [0, 0.1) is 0 Å². The maximum absolute atomic E-state index is 12.3. The maximum atomic E-state index is 12.3. The van der Waals surface area contributed by atoms with Gasteiger partial charge in [-0.15, -0.1) is 0 Å². The molecule has 0 aromatic heterocycles. The normalized spacial score (nSPS) is 12.6. The highest BCUT2D eigenvalue weighted by Crippen LogP contribution is 2.36. The van der Waals surface area contributed by atoms with Crippen molar-refractivity contribution in [2.75, 3.05) is 14.2 Å². The average Bonchev–Trinajstić information content (AvgIpc) is 2.27. The molecule has 3 nitrogen and oxygen atoms in total. The first kappa shape index (κ1) is 14.2. The van der Waals surface area contributed by atoms with E-state index in [2.05, 4.69) is 15.9 Å². The average molecular weight is 310 g/mol. The third kappa shape index (κ3) is 3.54. The second-order valence-electron chi connectivity index (χ2n) is 3.46. The van der Waals surface area contributed by atoms with Gasteiger partial charge < -0.3 is 15.2 Å². The van der Waals surface area contributed by atoms with Gasteiger partial charge in [-0.3, -0.25) is 0 Å². The Labute approximate surface area is 107 Å². The summed E-state index contributed by atoms with van der Waals surface area (Å²) in [5.41, 5.74) is 6.28. The molecule has 0 heterocycles. The van der Waals surface area contributed by atoms with Gasteiger partial charge in [-0.1, -0.05) is 15.9 Å². The molecule has 0 saturated carbocycles. The van der Waals surface area contributed by atoms with Gasteiger partial charge in [-0.05, 0) is 17.7 Å². The molecule has 1 aromatic rings. The SMILES string of the molecule is COc1cc(Br)c([C@@H](N)CC(F)F)cc1OC. The Balaban J connectivity index is 3.07. The second-order valence-corrected chi connectivity index (χ2v) is 4.32. The molecule has 0 unspecified atom stereocenters. The number of halogens is 3. The van der Waals surface area contributed by atoms with Crippen molar-refractivity contribution in [3.8, 4) is 11.5 Å². The lowest BCUT2D eigenvalue weighted by Gasteiger charge is -2.16. The van der Waals surface area contributed by atoms with E-state index in [1.165, 1.54) is 14.2 Å². The number of rotatable bonds is 5. The monoisotopic (exact) mass is 309 g/mol. The van der Waals surface area contributed by atoms with E-state index in [0.717, 1.165) is 0 Å². The number of methoxy groups -OCH3 is 2. The molecule has 0 spiro atoms. The minimum absolute atomic E-state index is 0.395. The summed E-state index contributed by atoms with van der Waals surface area (Å²) < 4.78 is 35.4. The van der Waals surface area contributed by atoms with Crippen molar-refractivity contribution in [2.24, 2.45) is 5.73 Å². The first-order valence-electron chi connectivity index (χ1n) is 4.94. The summed E-state index contributed by atoms with van der Waals surface area (Å²) in [6.45, 7) is 0. The van der Waals surface area contributed by atoms with E-state index in [0.29, 0.717) is 21.5 Å². The van der Waals surface area contributed by atoms with Gasteiger partial charge in [-0.25, -0.2) is 8.78 Å². The first-order valence-corrected chi connectivity index (χ1v) is 5.74. The lowest BCUT2D eigenvalue weighted by atomic mass is 10.0. The van der Waals surface area contributed by atoms with Crippen LogP contribution >= 0.6 is 15.9 Å². The lowest BCUT2D eigenvalue weighted by molar-refractivity contribution is 0.128. The number of hydrogen-bond acceptors (Lipinski definition) is 3. The molecule has 17 heavy (non-hydrogen) atoms. The molecule has 6 heteroatoms. The third-order valence-corrected chi connectivity index (χ3v) is 3.02. The molecule has 96 valence electrons. The highest BCUT2D eigenvalue weighted by atomic mass is 79.9. The van der Waals surface area contributed by atoms with Crippen LogP contribution in [0.25, 0.3) is 0 Å². The zero-order valence-corrected chi connectivity index (χ0v) is 11.1. The fourth-order valence-corrected chi connectivity index (χ4v) is 2.09. The van der Waals surface area contributed by atoms with E-state index >= 15 is 0 Å². The van der Waals surface area contributed by atoms with E-state index < -0.39 is 18.9 Å². The molecule has 1 atom stereocenters. The van der Waals surface area contributed by atoms with Gasteiger partial charge >= 0.3 is 0 Å². The van der Waals surface area contributed by atoms with Crippen molar-refractivity contribution in [3.63, 3.8) is 0 Å². The Morgan fingerprint density at radius 3 is 2.24 bits per heavy atom. The van der Waals surface area contributed by atoms with Gasteiger partial charge in [0.05, 0.1) is 14.2 Å². The van der Waals surface area contributed by atoms with E-state index in [9.17, 15) is 8.78 Å².